The number of aromatic amines is 1. The van der Waals surface area contributed by atoms with Gasteiger partial charge < -0.3 is 20.4 Å². The summed E-state index contributed by atoms with van der Waals surface area (Å²) in [5, 5.41) is 10.4. The lowest BCUT2D eigenvalue weighted by Crippen LogP contribution is -2.44. The Hall–Kier alpha value is -3.57. The third-order valence-corrected chi connectivity index (χ3v) is 10.0. The number of sulfonamides is 1. The molecule has 2 aromatic rings. The maximum Gasteiger partial charge on any atom is 0.275 e. The number of rotatable bonds is 12. The zero-order chi connectivity index (χ0) is 31.1. The van der Waals surface area contributed by atoms with E-state index in [1.807, 2.05) is 26.0 Å². The van der Waals surface area contributed by atoms with Crippen LogP contribution < -0.4 is 10.9 Å². The van der Waals surface area contributed by atoms with E-state index in [4.69, 9.17) is 10.1 Å². The maximum absolute atomic E-state index is 14.1. The van der Waals surface area contributed by atoms with Crippen molar-refractivity contribution in [2.75, 3.05) is 32.1 Å². The van der Waals surface area contributed by atoms with E-state index >= 15 is 0 Å². The average Bonchev–Trinajstić information content (AvgIpc) is 2.98. The fourth-order valence-corrected chi connectivity index (χ4v) is 7.49. The number of nitrogens with zero attached hydrogens (tertiary/aromatic N) is 2. The van der Waals surface area contributed by atoms with E-state index in [2.05, 4.69) is 22.2 Å². The Bertz CT molecular complexity index is 1590. The molecule has 1 fully saturated rings. The van der Waals surface area contributed by atoms with Crippen molar-refractivity contribution in [2.24, 2.45) is 5.92 Å². The molecular weight excluding hydrogens is 569 g/mol. The molecule has 2 unspecified atom stereocenters. The molecule has 0 spiro atoms. The summed E-state index contributed by atoms with van der Waals surface area (Å²) in [5.74, 6) is 0.524. The Labute approximate surface area is 253 Å². The van der Waals surface area contributed by atoms with Gasteiger partial charge in [0.2, 0.25) is 10.0 Å². The molecule has 3 N–H and O–H groups in total. The van der Waals surface area contributed by atoms with E-state index in [0.29, 0.717) is 49.3 Å². The molecule has 1 aromatic carbocycles. The molecule has 2 aliphatic rings. The second kappa shape index (κ2) is 14.3. The first kappa shape index (κ1) is 32.3. The van der Waals surface area contributed by atoms with Crippen LogP contribution in [0.5, 0.6) is 0 Å². The van der Waals surface area contributed by atoms with Crippen LogP contribution in [0, 0.1) is 17.1 Å². The van der Waals surface area contributed by atoms with Crippen molar-refractivity contribution in [1.29, 1.82) is 5.41 Å². The number of hydrogen-bond donors (Lipinski definition) is 3. The summed E-state index contributed by atoms with van der Waals surface area (Å²) in [5.41, 5.74) is 2.38. The van der Waals surface area contributed by atoms with Crippen molar-refractivity contribution in [3.63, 3.8) is 0 Å². The van der Waals surface area contributed by atoms with Crippen LogP contribution >= 0.6 is 0 Å². The molecule has 0 saturated carbocycles. The molecule has 0 radical (unpaired) electrons. The molecule has 1 aliphatic heterocycles. The predicted molar refractivity (Wildman–Crippen MR) is 170 cm³/mol. The standard InChI is InChI=1S/C32H42FN5O4S/c1-5-9-22-15-16-38(20-23(22)17-21-11-8-12-24(33)18-21)43(40,41)25-13-14-28(42-7-3)26(19-25)31-36-29(27(34)10-6-2)30(35-4)32(39)37-31/h8,11-14,17-18,22,25,34-35H,5-7,9-10,15-16,19-20H2,1-4H3,(H,36,37,39). The molecule has 4 rings (SSSR count). The summed E-state index contributed by atoms with van der Waals surface area (Å²) in [6, 6.07) is 6.33. The van der Waals surface area contributed by atoms with Crippen molar-refractivity contribution in [2.45, 2.75) is 64.5 Å². The van der Waals surface area contributed by atoms with Crippen LogP contribution in [-0.4, -0.2) is 60.4 Å². The topological polar surface area (TPSA) is 128 Å². The van der Waals surface area contributed by atoms with Crippen LogP contribution in [0.4, 0.5) is 10.1 Å². The van der Waals surface area contributed by atoms with Crippen molar-refractivity contribution in [3.8, 4) is 0 Å². The van der Waals surface area contributed by atoms with E-state index in [1.54, 1.807) is 25.3 Å². The van der Waals surface area contributed by atoms with Crippen LogP contribution in [0.3, 0.4) is 0 Å². The number of hydrogen-bond acceptors (Lipinski definition) is 7. The van der Waals surface area contributed by atoms with E-state index < -0.39 is 20.8 Å². The second-order valence-electron chi connectivity index (χ2n) is 10.9. The van der Waals surface area contributed by atoms with E-state index in [0.717, 1.165) is 18.4 Å². The quantitative estimate of drug-likeness (QED) is 0.263. The summed E-state index contributed by atoms with van der Waals surface area (Å²) in [6.45, 7) is 6.85. The minimum absolute atomic E-state index is 0.0500. The molecule has 0 amide bonds. The van der Waals surface area contributed by atoms with Gasteiger partial charge in [-0.15, -0.1) is 0 Å². The summed E-state index contributed by atoms with van der Waals surface area (Å²) in [4.78, 5) is 20.5. The number of halogens is 1. The first-order valence-electron chi connectivity index (χ1n) is 15.0. The molecule has 232 valence electrons. The minimum atomic E-state index is -3.83. The third-order valence-electron chi connectivity index (χ3n) is 7.90. The summed E-state index contributed by atoms with van der Waals surface area (Å²) >= 11 is 0. The molecule has 11 heteroatoms. The first-order chi connectivity index (χ1) is 20.6. The Morgan fingerprint density at radius 3 is 2.74 bits per heavy atom. The second-order valence-corrected chi connectivity index (χ2v) is 13.1. The highest BCUT2D eigenvalue weighted by Crippen LogP contribution is 2.35. The minimum Gasteiger partial charge on any atom is -0.493 e. The number of H-pyrrole nitrogens is 1. The van der Waals surface area contributed by atoms with Gasteiger partial charge in [-0.3, -0.25) is 4.79 Å². The number of ether oxygens (including phenoxy) is 1. The summed E-state index contributed by atoms with van der Waals surface area (Å²) < 4.78 is 49.5. The van der Waals surface area contributed by atoms with Crippen molar-refractivity contribution in [3.05, 3.63) is 81.0 Å². The first-order valence-corrected chi connectivity index (χ1v) is 16.5. The number of nitrogens with one attached hydrogen (secondary N) is 3. The van der Waals surface area contributed by atoms with E-state index in [1.165, 1.54) is 16.4 Å². The molecule has 1 aromatic heterocycles. The highest BCUT2D eigenvalue weighted by molar-refractivity contribution is 7.89. The SMILES string of the molecule is CCCC(=N)c1nc(C2=C(OCC)C=CC(S(=O)(=O)N3CCC(CCC)C(=Cc4cccc(F)c4)C3)C2)[nH]c(=O)c1NC. The zero-order valence-corrected chi connectivity index (χ0v) is 26.2. The molecule has 43 heavy (non-hydrogen) atoms. The molecule has 0 bridgehead atoms. The smallest absolute Gasteiger partial charge is 0.275 e. The highest BCUT2D eigenvalue weighted by atomic mass is 32.2. The average molecular weight is 612 g/mol. The lowest BCUT2D eigenvalue weighted by Gasteiger charge is -2.36. The number of aromatic nitrogens is 2. The van der Waals surface area contributed by atoms with Gasteiger partial charge in [-0.2, -0.15) is 4.31 Å². The third kappa shape index (κ3) is 7.33. The normalized spacial score (nSPS) is 20.4. The molecule has 2 heterocycles. The zero-order valence-electron chi connectivity index (χ0n) is 25.4. The van der Waals surface area contributed by atoms with Gasteiger partial charge in [-0.05, 0) is 55.9 Å². The van der Waals surface area contributed by atoms with Gasteiger partial charge in [-0.25, -0.2) is 17.8 Å². The van der Waals surface area contributed by atoms with Gasteiger partial charge in [0.15, 0.2) is 0 Å². The number of allylic oxidation sites excluding steroid dienone is 2. The van der Waals surface area contributed by atoms with Gasteiger partial charge in [0.05, 0.1) is 17.6 Å². The lowest BCUT2D eigenvalue weighted by molar-refractivity contribution is 0.242. The fourth-order valence-electron chi connectivity index (χ4n) is 5.77. The highest BCUT2D eigenvalue weighted by Gasteiger charge is 2.38. The van der Waals surface area contributed by atoms with Crippen molar-refractivity contribution >= 4 is 33.1 Å². The largest absolute Gasteiger partial charge is 0.493 e. The van der Waals surface area contributed by atoms with Gasteiger partial charge in [0.1, 0.15) is 28.8 Å². The Balaban J connectivity index is 1.68. The van der Waals surface area contributed by atoms with Gasteiger partial charge >= 0.3 is 0 Å². The number of anilines is 1. The van der Waals surface area contributed by atoms with Crippen molar-refractivity contribution in [1.82, 2.24) is 14.3 Å². The predicted octanol–water partition coefficient (Wildman–Crippen LogP) is 5.73. The lowest BCUT2D eigenvalue weighted by atomic mass is 9.87. The van der Waals surface area contributed by atoms with Crippen LogP contribution in [0.15, 0.2) is 52.5 Å². The number of piperidine rings is 1. The Kier molecular flexibility index (Phi) is 10.7. The summed E-state index contributed by atoms with van der Waals surface area (Å²) in [7, 11) is -2.22. The Morgan fingerprint density at radius 2 is 2.07 bits per heavy atom. The molecule has 9 nitrogen and oxygen atoms in total. The van der Waals surface area contributed by atoms with Crippen LogP contribution in [0.2, 0.25) is 0 Å². The monoisotopic (exact) mass is 611 g/mol. The molecule has 1 aliphatic carbocycles. The van der Waals surface area contributed by atoms with E-state index in [-0.39, 0.29) is 47.6 Å². The molecule has 2 atom stereocenters. The number of benzene rings is 1. The van der Waals surface area contributed by atoms with Gasteiger partial charge in [0.25, 0.3) is 5.56 Å². The van der Waals surface area contributed by atoms with Crippen LogP contribution in [-0.2, 0) is 14.8 Å². The molecule has 1 saturated heterocycles. The maximum atomic E-state index is 14.1. The summed E-state index contributed by atoms with van der Waals surface area (Å²) in [6.07, 6.45) is 8.98. The van der Waals surface area contributed by atoms with Crippen LogP contribution in [0.1, 0.15) is 76.4 Å². The Morgan fingerprint density at radius 1 is 1.28 bits per heavy atom. The van der Waals surface area contributed by atoms with Crippen LogP contribution in [0.25, 0.3) is 11.6 Å². The van der Waals surface area contributed by atoms with Gasteiger partial charge in [0, 0.05) is 32.1 Å². The van der Waals surface area contributed by atoms with Gasteiger partial charge in [-0.1, -0.05) is 56.5 Å². The van der Waals surface area contributed by atoms with E-state index in [9.17, 15) is 17.6 Å². The fraction of sp³-hybridized carbons (Fsp3) is 0.469. The van der Waals surface area contributed by atoms with Crippen molar-refractivity contribution < 1.29 is 17.5 Å². The molecular formula is C32H42FN5O4S.